The fourth-order valence-electron chi connectivity index (χ4n) is 1.87. The molecule has 0 saturated heterocycles. The monoisotopic (exact) mass is 282 g/mol. The van der Waals surface area contributed by atoms with Crippen LogP contribution < -0.4 is 4.72 Å². The lowest BCUT2D eigenvalue weighted by Gasteiger charge is -2.10. The highest BCUT2D eigenvalue weighted by atomic mass is 32.2. The van der Waals surface area contributed by atoms with Crippen LogP contribution >= 0.6 is 0 Å². The first kappa shape index (κ1) is 13.9. The summed E-state index contributed by atoms with van der Waals surface area (Å²) in [4.78, 5) is 0. The first-order chi connectivity index (χ1) is 8.93. The van der Waals surface area contributed by atoms with Crippen LogP contribution in [0.25, 0.3) is 11.0 Å². The van der Waals surface area contributed by atoms with E-state index < -0.39 is 10.0 Å². The van der Waals surface area contributed by atoms with Crippen molar-refractivity contribution < 1.29 is 12.9 Å². The maximum Gasteiger partial charge on any atom is 0.232 e. The van der Waals surface area contributed by atoms with Gasteiger partial charge in [0, 0.05) is 5.39 Å². The summed E-state index contributed by atoms with van der Waals surface area (Å²) in [6, 6.07) is 3.58. The molecule has 0 spiro atoms. The van der Waals surface area contributed by atoms with E-state index in [9.17, 15) is 8.42 Å². The molecule has 0 radical (unpaired) electrons. The Morgan fingerprint density at radius 3 is 2.74 bits per heavy atom. The SMILES string of the molecule is CCCCS(=O)(=O)Nc1cc2c(C)noc2cc1C. The van der Waals surface area contributed by atoms with E-state index in [4.69, 9.17) is 4.52 Å². The summed E-state index contributed by atoms with van der Waals surface area (Å²) in [7, 11) is -3.28. The minimum atomic E-state index is -3.28. The second-order valence-electron chi connectivity index (χ2n) is 4.71. The molecule has 1 aromatic heterocycles. The number of benzene rings is 1. The number of fused-ring (bicyclic) bond motifs is 1. The minimum absolute atomic E-state index is 0.142. The van der Waals surface area contributed by atoms with Gasteiger partial charge in [-0.2, -0.15) is 0 Å². The predicted molar refractivity (Wildman–Crippen MR) is 75.8 cm³/mol. The van der Waals surface area contributed by atoms with E-state index >= 15 is 0 Å². The van der Waals surface area contributed by atoms with Gasteiger partial charge in [0.2, 0.25) is 10.0 Å². The highest BCUT2D eigenvalue weighted by Gasteiger charge is 2.14. The lowest BCUT2D eigenvalue weighted by Crippen LogP contribution is -2.17. The molecule has 0 amide bonds. The molecule has 1 heterocycles. The molecular formula is C13H18N2O3S. The van der Waals surface area contributed by atoms with Gasteiger partial charge in [-0.3, -0.25) is 4.72 Å². The average molecular weight is 282 g/mol. The fraction of sp³-hybridized carbons (Fsp3) is 0.462. The molecule has 19 heavy (non-hydrogen) atoms. The van der Waals surface area contributed by atoms with Crippen LogP contribution in [0.15, 0.2) is 16.7 Å². The molecule has 1 N–H and O–H groups in total. The zero-order valence-corrected chi connectivity index (χ0v) is 12.2. The van der Waals surface area contributed by atoms with Crippen molar-refractivity contribution in [3.8, 4) is 0 Å². The Kier molecular flexibility index (Phi) is 3.80. The molecule has 5 nitrogen and oxygen atoms in total. The lowest BCUT2D eigenvalue weighted by molar-refractivity contribution is 0.450. The second-order valence-corrected chi connectivity index (χ2v) is 6.55. The lowest BCUT2D eigenvalue weighted by atomic mass is 10.1. The van der Waals surface area contributed by atoms with Crippen LogP contribution in [-0.4, -0.2) is 19.3 Å². The molecule has 0 aliphatic carbocycles. The third-order valence-electron chi connectivity index (χ3n) is 3.03. The summed E-state index contributed by atoms with van der Waals surface area (Å²) in [5, 5.41) is 4.70. The van der Waals surface area contributed by atoms with Gasteiger partial charge in [0.15, 0.2) is 5.58 Å². The van der Waals surface area contributed by atoms with Gasteiger partial charge in [-0.05, 0) is 38.0 Å². The van der Waals surface area contributed by atoms with Crippen molar-refractivity contribution in [1.82, 2.24) is 5.16 Å². The Hall–Kier alpha value is -1.56. The van der Waals surface area contributed by atoms with Crippen LogP contribution in [0, 0.1) is 13.8 Å². The molecule has 0 saturated carbocycles. The van der Waals surface area contributed by atoms with Gasteiger partial charge in [0.25, 0.3) is 0 Å². The van der Waals surface area contributed by atoms with Crippen molar-refractivity contribution in [3.05, 3.63) is 23.4 Å². The molecule has 0 unspecified atom stereocenters. The molecular weight excluding hydrogens is 264 g/mol. The number of rotatable bonds is 5. The van der Waals surface area contributed by atoms with Gasteiger partial charge in [-0.1, -0.05) is 18.5 Å². The average Bonchev–Trinajstić information content (AvgIpc) is 2.68. The van der Waals surface area contributed by atoms with Gasteiger partial charge in [-0.25, -0.2) is 8.42 Å². The van der Waals surface area contributed by atoms with Crippen molar-refractivity contribution in [2.45, 2.75) is 33.6 Å². The Labute approximate surface area is 113 Å². The van der Waals surface area contributed by atoms with E-state index in [2.05, 4.69) is 9.88 Å². The Balaban J connectivity index is 2.34. The van der Waals surface area contributed by atoms with E-state index in [0.717, 1.165) is 23.1 Å². The van der Waals surface area contributed by atoms with Crippen LogP contribution in [-0.2, 0) is 10.0 Å². The standard InChI is InChI=1S/C13H18N2O3S/c1-4-5-6-19(16,17)15-12-8-11-10(3)14-18-13(11)7-9(12)2/h7-8,15H,4-6H2,1-3H3. The van der Waals surface area contributed by atoms with E-state index in [-0.39, 0.29) is 5.75 Å². The van der Waals surface area contributed by atoms with E-state index in [1.807, 2.05) is 20.8 Å². The van der Waals surface area contributed by atoms with Crippen LogP contribution in [0.3, 0.4) is 0 Å². The number of aromatic nitrogens is 1. The van der Waals surface area contributed by atoms with Crippen molar-refractivity contribution in [1.29, 1.82) is 0 Å². The van der Waals surface area contributed by atoms with Gasteiger partial charge in [0.05, 0.1) is 17.1 Å². The number of anilines is 1. The smallest absolute Gasteiger partial charge is 0.232 e. The number of unbranched alkanes of at least 4 members (excludes halogenated alkanes) is 1. The third-order valence-corrected chi connectivity index (χ3v) is 4.39. The highest BCUT2D eigenvalue weighted by molar-refractivity contribution is 7.92. The molecule has 0 atom stereocenters. The summed E-state index contributed by atoms with van der Waals surface area (Å²) >= 11 is 0. The summed E-state index contributed by atoms with van der Waals surface area (Å²) < 4.78 is 31.6. The molecule has 1 aromatic carbocycles. The topological polar surface area (TPSA) is 72.2 Å². The van der Waals surface area contributed by atoms with Crippen LogP contribution in [0.1, 0.15) is 31.0 Å². The van der Waals surface area contributed by atoms with E-state index in [1.165, 1.54) is 0 Å². The van der Waals surface area contributed by atoms with Crippen molar-refractivity contribution >= 4 is 26.7 Å². The molecule has 0 aliphatic heterocycles. The molecule has 0 fully saturated rings. The Morgan fingerprint density at radius 1 is 1.32 bits per heavy atom. The van der Waals surface area contributed by atoms with Gasteiger partial charge >= 0.3 is 0 Å². The number of aryl methyl sites for hydroxylation is 2. The summed E-state index contributed by atoms with van der Waals surface area (Å²) in [6.07, 6.45) is 1.51. The summed E-state index contributed by atoms with van der Waals surface area (Å²) in [5.41, 5.74) is 2.84. The maximum absolute atomic E-state index is 11.9. The molecule has 2 rings (SSSR count). The fourth-order valence-corrected chi connectivity index (χ4v) is 3.20. The maximum atomic E-state index is 11.9. The molecule has 0 aliphatic rings. The van der Waals surface area contributed by atoms with Gasteiger partial charge < -0.3 is 4.52 Å². The van der Waals surface area contributed by atoms with Crippen LogP contribution in [0.2, 0.25) is 0 Å². The first-order valence-electron chi connectivity index (χ1n) is 6.30. The normalized spacial score (nSPS) is 11.9. The van der Waals surface area contributed by atoms with Gasteiger partial charge in [0.1, 0.15) is 0 Å². The number of hydrogen-bond donors (Lipinski definition) is 1. The minimum Gasteiger partial charge on any atom is -0.356 e. The predicted octanol–water partition coefficient (Wildman–Crippen LogP) is 2.99. The number of sulfonamides is 1. The molecule has 104 valence electrons. The zero-order valence-electron chi connectivity index (χ0n) is 11.4. The molecule has 2 aromatic rings. The van der Waals surface area contributed by atoms with E-state index in [0.29, 0.717) is 17.7 Å². The number of hydrogen-bond acceptors (Lipinski definition) is 4. The first-order valence-corrected chi connectivity index (χ1v) is 7.95. The Bertz CT molecular complexity index is 689. The summed E-state index contributed by atoms with van der Waals surface area (Å²) in [5.74, 6) is 0.142. The number of nitrogens with one attached hydrogen (secondary N) is 1. The Morgan fingerprint density at radius 2 is 2.05 bits per heavy atom. The van der Waals surface area contributed by atoms with Crippen LogP contribution in [0.5, 0.6) is 0 Å². The van der Waals surface area contributed by atoms with Crippen molar-refractivity contribution in [2.24, 2.45) is 0 Å². The highest BCUT2D eigenvalue weighted by Crippen LogP contribution is 2.26. The third kappa shape index (κ3) is 3.07. The largest absolute Gasteiger partial charge is 0.356 e. The number of nitrogens with zero attached hydrogens (tertiary/aromatic N) is 1. The second kappa shape index (κ2) is 5.21. The van der Waals surface area contributed by atoms with Crippen molar-refractivity contribution in [2.75, 3.05) is 10.5 Å². The summed E-state index contributed by atoms with van der Waals surface area (Å²) in [6.45, 7) is 5.64. The van der Waals surface area contributed by atoms with Crippen molar-refractivity contribution in [3.63, 3.8) is 0 Å². The van der Waals surface area contributed by atoms with E-state index in [1.54, 1.807) is 12.1 Å². The quantitative estimate of drug-likeness (QED) is 0.915. The molecule has 0 bridgehead atoms. The molecule has 6 heteroatoms. The zero-order chi connectivity index (χ0) is 14.0. The van der Waals surface area contributed by atoms with Gasteiger partial charge in [-0.15, -0.1) is 0 Å². The van der Waals surface area contributed by atoms with Crippen LogP contribution in [0.4, 0.5) is 5.69 Å².